The molecule has 1 N–H and O–H groups in total. The summed E-state index contributed by atoms with van der Waals surface area (Å²) in [7, 11) is 0. The summed E-state index contributed by atoms with van der Waals surface area (Å²) < 4.78 is 3.99. The quantitative estimate of drug-likeness (QED) is 0.501. The molecule has 8 heteroatoms. The molecule has 0 spiro atoms. The molecule has 0 unspecified atom stereocenters. The minimum Gasteiger partial charge on any atom is -0.351 e. The highest BCUT2D eigenvalue weighted by molar-refractivity contribution is 7.13. The van der Waals surface area contributed by atoms with E-state index in [-0.39, 0.29) is 5.91 Å². The van der Waals surface area contributed by atoms with E-state index >= 15 is 0 Å². The minimum atomic E-state index is -0.124. The van der Waals surface area contributed by atoms with E-state index in [4.69, 9.17) is 5.10 Å². The first-order valence-electron chi connectivity index (χ1n) is 10.7. The number of benzene rings is 1. The molecule has 1 aliphatic heterocycles. The minimum absolute atomic E-state index is 0.124. The number of carbonyl (C=O) groups excluding carboxylic acids is 1. The summed E-state index contributed by atoms with van der Waals surface area (Å²) in [6.45, 7) is 1.48. The van der Waals surface area contributed by atoms with Gasteiger partial charge in [-0.1, -0.05) is 30.7 Å². The molecule has 4 heterocycles. The van der Waals surface area contributed by atoms with Gasteiger partial charge in [-0.2, -0.15) is 5.10 Å². The van der Waals surface area contributed by atoms with Crippen LogP contribution in [-0.4, -0.2) is 37.0 Å². The maximum Gasteiger partial charge on any atom is 0.255 e. The number of nitrogens with zero attached hydrogens (tertiary/aromatic N) is 5. The van der Waals surface area contributed by atoms with Crippen molar-refractivity contribution >= 4 is 17.2 Å². The van der Waals surface area contributed by atoms with Crippen LogP contribution in [0, 0.1) is 0 Å². The van der Waals surface area contributed by atoms with Gasteiger partial charge in [-0.15, -0.1) is 21.5 Å². The first-order valence-corrected chi connectivity index (χ1v) is 11.6. The van der Waals surface area contributed by atoms with Crippen LogP contribution in [0.5, 0.6) is 0 Å². The number of hydrogen-bond donors (Lipinski definition) is 1. The normalized spacial score (nSPS) is 13.5. The van der Waals surface area contributed by atoms with Crippen molar-refractivity contribution in [1.29, 1.82) is 0 Å². The Hall–Kier alpha value is -3.26. The van der Waals surface area contributed by atoms with Gasteiger partial charge in [-0.3, -0.25) is 4.79 Å². The van der Waals surface area contributed by atoms with Gasteiger partial charge in [-0.05, 0) is 36.4 Å². The molecule has 4 aromatic rings. The van der Waals surface area contributed by atoms with Crippen LogP contribution in [0.4, 0.5) is 0 Å². The summed E-state index contributed by atoms with van der Waals surface area (Å²) in [6, 6.07) is 13.8. The lowest BCUT2D eigenvalue weighted by molar-refractivity contribution is 0.0954. The third-order valence-corrected chi connectivity index (χ3v) is 6.43. The molecule has 0 saturated heterocycles. The van der Waals surface area contributed by atoms with Crippen molar-refractivity contribution in [3.63, 3.8) is 0 Å². The highest BCUT2D eigenvalue weighted by Gasteiger charge is 2.20. The number of rotatable bonds is 6. The van der Waals surface area contributed by atoms with Gasteiger partial charge in [0.05, 0.1) is 16.1 Å². The van der Waals surface area contributed by atoms with E-state index in [1.807, 2.05) is 54.0 Å². The van der Waals surface area contributed by atoms with Crippen molar-refractivity contribution in [2.75, 3.05) is 6.54 Å². The smallest absolute Gasteiger partial charge is 0.255 e. The van der Waals surface area contributed by atoms with E-state index in [1.54, 1.807) is 16.0 Å². The summed E-state index contributed by atoms with van der Waals surface area (Å²) in [5.74, 6) is 1.90. The number of hydrogen-bond acceptors (Lipinski definition) is 5. The van der Waals surface area contributed by atoms with E-state index in [9.17, 15) is 4.79 Å². The predicted octanol–water partition coefficient (Wildman–Crippen LogP) is 3.89. The maximum atomic E-state index is 13.1. The molecule has 0 bridgehead atoms. The molecule has 3 aromatic heterocycles. The van der Waals surface area contributed by atoms with Crippen molar-refractivity contribution in [3.8, 4) is 16.3 Å². The summed E-state index contributed by atoms with van der Waals surface area (Å²) in [5, 5.41) is 18.5. The Labute approximate surface area is 184 Å². The molecule has 1 aliphatic rings. The van der Waals surface area contributed by atoms with Gasteiger partial charge in [0.15, 0.2) is 0 Å². The predicted molar refractivity (Wildman–Crippen MR) is 120 cm³/mol. The van der Waals surface area contributed by atoms with Gasteiger partial charge >= 0.3 is 0 Å². The highest BCUT2D eigenvalue weighted by atomic mass is 32.1. The number of fused-ring (bicyclic) bond motifs is 1. The average molecular weight is 433 g/mol. The van der Waals surface area contributed by atoms with Gasteiger partial charge in [-0.25, -0.2) is 4.68 Å². The molecule has 0 radical (unpaired) electrons. The zero-order valence-electron chi connectivity index (χ0n) is 17.2. The Morgan fingerprint density at radius 3 is 2.81 bits per heavy atom. The monoisotopic (exact) mass is 432 g/mol. The van der Waals surface area contributed by atoms with Crippen LogP contribution in [0.25, 0.3) is 16.3 Å². The molecule has 0 aliphatic carbocycles. The van der Waals surface area contributed by atoms with Gasteiger partial charge in [0.2, 0.25) is 0 Å². The lowest BCUT2D eigenvalue weighted by Crippen LogP contribution is -2.26. The van der Waals surface area contributed by atoms with Gasteiger partial charge in [0, 0.05) is 32.1 Å². The van der Waals surface area contributed by atoms with Crippen LogP contribution >= 0.6 is 11.3 Å². The third kappa shape index (κ3) is 4.16. The average Bonchev–Trinajstić information content (AvgIpc) is 3.52. The Kier molecular flexibility index (Phi) is 5.62. The lowest BCUT2D eigenvalue weighted by Gasteiger charge is -2.08. The Morgan fingerprint density at radius 1 is 1.06 bits per heavy atom. The molecule has 158 valence electrons. The molecule has 0 fully saturated rings. The fourth-order valence-corrected chi connectivity index (χ4v) is 4.68. The number of amides is 1. The SMILES string of the molecule is O=C(NCCc1nnc2n1CCCCC2)c1cn(-c2ccccc2)nc1-c1cccs1. The Morgan fingerprint density at radius 2 is 1.97 bits per heavy atom. The van der Waals surface area contributed by atoms with Crippen LogP contribution in [0.15, 0.2) is 54.0 Å². The van der Waals surface area contributed by atoms with E-state index < -0.39 is 0 Å². The molecule has 31 heavy (non-hydrogen) atoms. The second-order valence-corrected chi connectivity index (χ2v) is 8.60. The van der Waals surface area contributed by atoms with Gasteiger partial charge < -0.3 is 9.88 Å². The number of carbonyl (C=O) groups is 1. The van der Waals surface area contributed by atoms with Gasteiger partial charge in [0.25, 0.3) is 5.91 Å². The van der Waals surface area contributed by atoms with E-state index in [0.29, 0.717) is 24.2 Å². The Balaban J connectivity index is 1.33. The number of aryl methyl sites for hydroxylation is 1. The second kappa shape index (κ2) is 8.85. The fourth-order valence-electron chi connectivity index (χ4n) is 3.96. The number of aromatic nitrogens is 5. The zero-order valence-corrected chi connectivity index (χ0v) is 18.0. The first kappa shape index (κ1) is 19.7. The van der Waals surface area contributed by atoms with Crippen molar-refractivity contribution in [1.82, 2.24) is 29.9 Å². The largest absolute Gasteiger partial charge is 0.351 e. The highest BCUT2D eigenvalue weighted by Crippen LogP contribution is 2.27. The molecular weight excluding hydrogens is 408 g/mol. The molecule has 1 aromatic carbocycles. The molecular formula is C23H24N6OS. The van der Waals surface area contributed by atoms with Crippen molar-refractivity contribution in [3.05, 3.63) is 71.3 Å². The standard InChI is InChI=1S/C23H24N6OS/c30-23(24-13-12-21-26-25-20-11-5-2-6-14-28(20)21)18-16-29(17-8-3-1-4-9-17)27-22(18)19-10-7-15-31-19/h1,3-4,7-10,15-16H,2,5-6,11-14H2,(H,24,30). The number of nitrogens with one attached hydrogen (secondary N) is 1. The molecule has 1 amide bonds. The molecule has 0 atom stereocenters. The summed E-state index contributed by atoms with van der Waals surface area (Å²) >= 11 is 1.58. The van der Waals surface area contributed by atoms with Crippen molar-refractivity contribution in [2.24, 2.45) is 0 Å². The van der Waals surface area contributed by atoms with Crippen LogP contribution in [-0.2, 0) is 19.4 Å². The summed E-state index contributed by atoms with van der Waals surface area (Å²) in [6.07, 6.45) is 7.03. The van der Waals surface area contributed by atoms with E-state index in [0.717, 1.165) is 41.6 Å². The van der Waals surface area contributed by atoms with Crippen LogP contribution in [0.3, 0.4) is 0 Å². The second-order valence-electron chi connectivity index (χ2n) is 7.65. The zero-order chi connectivity index (χ0) is 21.0. The summed E-state index contributed by atoms with van der Waals surface area (Å²) in [5.41, 5.74) is 2.20. The van der Waals surface area contributed by atoms with E-state index in [2.05, 4.69) is 20.1 Å². The Bertz CT molecular complexity index is 1160. The maximum absolute atomic E-state index is 13.1. The van der Waals surface area contributed by atoms with Crippen LogP contribution in [0.2, 0.25) is 0 Å². The molecule has 7 nitrogen and oxygen atoms in total. The van der Waals surface area contributed by atoms with Gasteiger partial charge in [0.1, 0.15) is 17.3 Å². The lowest BCUT2D eigenvalue weighted by atomic mass is 10.2. The first-order chi connectivity index (χ1) is 15.3. The fraction of sp³-hybridized carbons (Fsp3) is 0.304. The molecule has 0 saturated carbocycles. The van der Waals surface area contributed by atoms with E-state index in [1.165, 1.54) is 12.8 Å². The number of thiophene rings is 1. The van der Waals surface area contributed by atoms with Crippen molar-refractivity contribution < 1.29 is 4.79 Å². The van der Waals surface area contributed by atoms with Crippen molar-refractivity contribution in [2.45, 2.75) is 38.6 Å². The molecule has 5 rings (SSSR count). The number of para-hydroxylation sites is 1. The van der Waals surface area contributed by atoms with Crippen LogP contribution in [0.1, 0.15) is 41.3 Å². The third-order valence-electron chi connectivity index (χ3n) is 5.55. The topological polar surface area (TPSA) is 77.6 Å². The summed E-state index contributed by atoms with van der Waals surface area (Å²) in [4.78, 5) is 14.0. The van der Waals surface area contributed by atoms with Crippen LogP contribution < -0.4 is 5.32 Å².